The van der Waals surface area contributed by atoms with E-state index in [0.717, 1.165) is 5.01 Å². The molecule has 0 saturated heterocycles. The van der Waals surface area contributed by atoms with Gasteiger partial charge in [-0.15, -0.1) is 11.3 Å². The normalized spacial score (nSPS) is 10.4. The predicted molar refractivity (Wildman–Crippen MR) is 75.9 cm³/mol. The lowest BCUT2D eigenvalue weighted by molar-refractivity contribution is 0.796. The number of anilines is 2. The zero-order valence-corrected chi connectivity index (χ0v) is 11.5. The van der Waals surface area contributed by atoms with Gasteiger partial charge in [-0.3, -0.25) is 0 Å². The number of aromatic nitrogens is 6. The summed E-state index contributed by atoms with van der Waals surface area (Å²) in [5, 5.41) is 13.0. The van der Waals surface area contributed by atoms with Crippen molar-refractivity contribution < 1.29 is 0 Å². The monoisotopic (exact) mass is 288 g/mol. The SMILES string of the molecule is CNc1nc(NCc2nccs2)nc(-n2cccn2)n1. The molecule has 0 atom stereocenters. The first kappa shape index (κ1) is 12.5. The minimum absolute atomic E-state index is 0.455. The van der Waals surface area contributed by atoms with Crippen molar-refractivity contribution in [3.63, 3.8) is 0 Å². The molecule has 0 fully saturated rings. The van der Waals surface area contributed by atoms with Gasteiger partial charge in [-0.25, -0.2) is 9.67 Å². The minimum Gasteiger partial charge on any atom is -0.357 e. The zero-order valence-electron chi connectivity index (χ0n) is 10.7. The molecule has 0 unspecified atom stereocenters. The van der Waals surface area contributed by atoms with Crippen LogP contribution >= 0.6 is 11.3 Å². The molecule has 9 heteroatoms. The number of nitrogens with one attached hydrogen (secondary N) is 2. The Morgan fingerprint density at radius 2 is 2.10 bits per heavy atom. The lowest BCUT2D eigenvalue weighted by Crippen LogP contribution is -2.11. The van der Waals surface area contributed by atoms with E-state index < -0.39 is 0 Å². The maximum Gasteiger partial charge on any atom is 0.257 e. The first-order chi connectivity index (χ1) is 9.85. The fourth-order valence-electron chi connectivity index (χ4n) is 1.54. The Kier molecular flexibility index (Phi) is 3.50. The van der Waals surface area contributed by atoms with Crippen molar-refractivity contribution in [1.82, 2.24) is 29.7 Å². The van der Waals surface area contributed by atoms with E-state index in [0.29, 0.717) is 24.4 Å². The molecule has 0 saturated carbocycles. The molecule has 0 aromatic carbocycles. The molecule has 0 aliphatic heterocycles. The Morgan fingerprint density at radius 3 is 2.80 bits per heavy atom. The highest BCUT2D eigenvalue weighted by Gasteiger charge is 2.07. The molecule has 3 aromatic rings. The number of nitrogens with zero attached hydrogens (tertiary/aromatic N) is 6. The Morgan fingerprint density at radius 1 is 1.20 bits per heavy atom. The number of hydrogen-bond donors (Lipinski definition) is 2. The van der Waals surface area contributed by atoms with E-state index in [1.165, 1.54) is 0 Å². The Labute approximate surface area is 119 Å². The highest BCUT2D eigenvalue weighted by atomic mass is 32.1. The van der Waals surface area contributed by atoms with Crippen LogP contribution in [0.4, 0.5) is 11.9 Å². The van der Waals surface area contributed by atoms with E-state index in [-0.39, 0.29) is 0 Å². The predicted octanol–water partition coefficient (Wildman–Crippen LogP) is 1.17. The highest BCUT2D eigenvalue weighted by molar-refractivity contribution is 7.09. The lowest BCUT2D eigenvalue weighted by Gasteiger charge is -2.07. The van der Waals surface area contributed by atoms with Crippen LogP contribution in [0.25, 0.3) is 5.95 Å². The summed E-state index contributed by atoms with van der Waals surface area (Å²) in [6.07, 6.45) is 5.22. The van der Waals surface area contributed by atoms with Gasteiger partial charge in [0.25, 0.3) is 5.95 Å². The average molecular weight is 288 g/mol. The topological polar surface area (TPSA) is 93.4 Å². The molecule has 2 N–H and O–H groups in total. The lowest BCUT2D eigenvalue weighted by atomic mass is 10.6. The van der Waals surface area contributed by atoms with Gasteiger partial charge in [0.15, 0.2) is 0 Å². The average Bonchev–Trinajstić information content (AvgIpc) is 3.17. The second kappa shape index (κ2) is 5.61. The van der Waals surface area contributed by atoms with Gasteiger partial charge in [-0.05, 0) is 6.07 Å². The summed E-state index contributed by atoms with van der Waals surface area (Å²) in [5.41, 5.74) is 0. The van der Waals surface area contributed by atoms with Gasteiger partial charge in [0.05, 0.1) is 6.54 Å². The smallest absolute Gasteiger partial charge is 0.257 e. The third-order valence-corrected chi connectivity index (χ3v) is 3.22. The summed E-state index contributed by atoms with van der Waals surface area (Å²) in [4.78, 5) is 17.0. The molecule has 0 bridgehead atoms. The molecule has 102 valence electrons. The standard InChI is InChI=1S/C11H12N8S/c1-12-9-16-10(14-7-8-13-4-6-20-8)18-11(17-9)19-5-2-3-15-19/h2-6H,7H2,1H3,(H2,12,14,16,17,18). The summed E-state index contributed by atoms with van der Waals surface area (Å²) in [6.45, 7) is 0.573. The Balaban J connectivity index is 1.84. The van der Waals surface area contributed by atoms with Gasteiger partial charge in [-0.2, -0.15) is 20.1 Å². The van der Waals surface area contributed by atoms with Gasteiger partial charge in [0, 0.05) is 31.0 Å². The van der Waals surface area contributed by atoms with Gasteiger partial charge in [0.2, 0.25) is 11.9 Å². The molecular weight excluding hydrogens is 276 g/mol. The second-order valence-corrected chi connectivity index (χ2v) is 4.74. The van der Waals surface area contributed by atoms with Crippen LogP contribution in [-0.2, 0) is 6.54 Å². The Bertz CT molecular complexity index is 664. The van der Waals surface area contributed by atoms with Crippen LogP contribution in [0, 0.1) is 0 Å². The first-order valence-corrected chi connectivity index (χ1v) is 6.79. The van der Waals surface area contributed by atoms with Crippen molar-refractivity contribution in [2.24, 2.45) is 0 Å². The summed E-state index contributed by atoms with van der Waals surface area (Å²) in [6, 6.07) is 1.81. The second-order valence-electron chi connectivity index (χ2n) is 3.76. The largest absolute Gasteiger partial charge is 0.357 e. The number of hydrogen-bond acceptors (Lipinski definition) is 8. The van der Waals surface area contributed by atoms with Crippen molar-refractivity contribution in [3.05, 3.63) is 35.0 Å². The van der Waals surface area contributed by atoms with Crippen molar-refractivity contribution in [2.75, 3.05) is 17.7 Å². The molecule has 0 aliphatic carbocycles. The molecule has 8 nitrogen and oxygen atoms in total. The van der Waals surface area contributed by atoms with E-state index in [1.54, 1.807) is 41.7 Å². The van der Waals surface area contributed by atoms with Gasteiger partial charge in [-0.1, -0.05) is 0 Å². The zero-order chi connectivity index (χ0) is 13.8. The van der Waals surface area contributed by atoms with Gasteiger partial charge < -0.3 is 10.6 Å². The number of thiazole rings is 1. The summed E-state index contributed by atoms with van der Waals surface area (Å²) >= 11 is 1.58. The fourth-order valence-corrected chi connectivity index (χ4v) is 2.10. The quantitative estimate of drug-likeness (QED) is 0.727. The summed E-state index contributed by atoms with van der Waals surface area (Å²) in [7, 11) is 1.76. The third kappa shape index (κ3) is 2.72. The summed E-state index contributed by atoms with van der Waals surface area (Å²) < 4.78 is 1.58. The minimum atomic E-state index is 0.455. The van der Waals surface area contributed by atoms with Crippen molar-refractivity contribution in [2.45, 2.75) is 6.54 Å². The number of rotatable bonds is 5. The molecule has 3 heterocycles. The molecule has 3 aromatic heterocycles. The van der Waals surface area contributed by atoms with E-state index in [2.05, 4.69) is 35.7 Å². The maximum absolute atomic E-state index is 4.33. The van der Waals surface area contributed by atoms with Crippen LogP contribution < -0.4 is 10.6 Å². The van der Waals surface area contributed by atoms with E-state index in [1.807, 2.05) is 11.4 Å². The van der Waals surface area contributed by atoms with Crippen molar-refractivity contribution in [3.8, 4) is 5.95 Å². The van der Waals surface area contributed by atoms with Crippen molar-refractivity contribution >= 4 is 23.2 Å². The molecule has 0 spiro atoms. The van der Waals surface area contributed by atoms with Crippen LogP contribution in [0.5, 0.6) is 0 Å². The Hall–Kier alpha value is -2.55. The van der Waals surface area contributed by atoms with E-state index in [9.17, 15) is 0 Å². The van der Waals surface area contributed by atoms with Crippen LogP contribution in [0.1, 0.15) is 5.01 Å². The molecule has 0 aliphatic rings. The summed E-state index contributed by atoms with van der Waals surface area (Å²) in [5.74, 6) is 1.41. The third-order valence-electron chi connectivity index (χ3n) is 2.44. The van der Waals surface area contributed by atoms with Crippen LogP contribution in [0.2, 0.25) is 0 Å². The van der Waals surface area contributed by atoms with E-state index in [4.69, 9.17) is 0 Å². The van der Waals surface area contributed by atoms with Gasteiger partial charge >= 0.3 is 0 Å². The fraction of sp³-hybridized carbons (Fsp3) is 0.182. The van der Waals surface area contributed by atoms with Crippen LogP contribution in [-0.4, -0.2) is 36.8 Å². The molecule has 20 heavy (non-hydrogen) atoms. The maximum atomic E-state index is 4.33. The van der Waals surface area contributed by atoms with Crippen molar-refractivity contribution in [1.29, 1.82) is 0 Å². The first-order valence-electron chi connectivity index (χ1n) is 5.91. The van der Waals surface area contributed by atoms with Gasteiger partial charge in [0.1, 0.15) is 5.01 Å². The molecule has 0 amide bonds. The van der Waals surface area contributed by atoms with Crippen LogP contribution in [0.3, 0.4) is 0 Å². The highest BCUT2D eigenvalue weighted by Crippen LogP contribution is 2.10. The van der Waals surface area contributed by atoms with Crippen LogP contribution in [0.15, 0.2) is 30.0 Å². The molecule has 3 rings (SSSR count). The molecular formula is C11H12N8S. The van der Waals surface area contributed by atoms with E-state index >= 15 is 0 Å². The molecule has 0 radical (unpaired) electrons.